The summed E-state index contributed by atoms with van der Waals surface area (Å²) in [7, 11) is 0. The highest BCUT2D eigenvalue weighted by Crippen LogP contribution is 2.22. The van der Waals surface area contributed by atoms with Crippen LogP contribution in [0.25, 0.3) is 17.0 Å². The minimum atomic E-state index is -0.919. The van der Waals surface area contributed by atoms with Crippen molar-refractivity contribution in [1.29, 1.82) is 0 Å². The van der Waals surface area contributed by atoms with E-state index >= 15 is 0 Å². The molecule has 3 nitrogen and oxygen atoms in total. The molecule has 17 heavy (non-hydrogen) atoms. The molecule has 0 atom stereocenters. The van der Waals surface area contributed by atoms with Crippen LogP contribution in [0.1, 0.15) is 22.8 Å². The third-order valence-electron chi connectivity index (χ3n) is 2.53. The largest absolute Gasteiger partial charge is 0.478 e. The van der Waals surface area contributed by atoms with Gasteiger partial charge >= 0.3 is 5.97 Å². The standard InChI is InChI=1S/C14H13NO2/c1-9(2)6-7-10-4-3-5-11-12(14(16)17)8-15-13(10)11/h3-8,15H,1H2,2H3,(H,16,17)/b7-6+. The smallest absolute Gasteiger partial charge is 0.337 e. The Kier molecular flexibility index (Phi) is 2.83. The molecule has 0 amide bonds. The summed E-state index contributed by atoms with van der Waals surface area (Å²) in [5, 5.41) is 9.75. The Bertz CT molecular complexity index is 620. The highest BCUT2D eigenvalue weighted by molar-refractivity contribution is 6.05. The van der Waals surface area contributed by atoms with E-state index in [1.165, 1.54) is 6.20 Å². The number of carboxylic acids is 1. The number of hydrogen-bond acceptors (Lipinski definition) is 1. The number of allylic oxidation sites excluding steroid dienone is 2. The molecule has 0 saturated carbocycles. The van der Waals surface area contributed by atoms with Crippen LogP contribution in [-0.2, 0) is 0 Å². The van der Waals surface area contributed by atoms with Gasteiger partial charge in [0, 0.05) is 11.6 Å². The highest BCUT2D eigenvalue weighted by Gasteiger charge is 2.11. The van der Waals surface area contributed by atoms with Crippen molar-refractivity contribution in [2.75, 3.05) is 0 Å². The molecular formula is C14H13NO2. The molecule has 3 heteroatoms. The van der Waals surface area contributed by atoms with E-state index in [1.807, 2.05) is 31.2 Å². The number of nitrogens with one attached hydrogen (secondary N) is 1. The van der Waals surface area contributed by atoms with Gasteiger partial charge < -0.3 is 10.1 Å². The van der Waals surface area contributed by atoms with Crippen molar-refractivity contribution in [2.24, 2.45) is 0 Å². The van der Waals surface area contributed by atoms with Gasteiger partial charge in [-0.05, 0) is 12.5 Å². The molecule has 0 aliphatic rings. The average Bonchev–Trinajstić information content (AvgIpc) is 2.70. The van der Waals surface area contributed by atoms with Crippen LogP contribution in [0.15, 0.2) is 42.6 Å². The van der Waals surface area contributed by atoms with Crippen molar-refractivity contribution < 1.29 is 9.90 Å². The van der Waals surface area contributed by atoms with Crippen molar-refractivity contribution in [1.82, 2.24) is 4.98 Å². The second-order valence-corrected chi connectivity index (χ2v) is 3.96. The number of rotatable bonds is 3. The van der Waals surface area contributed by atoms with Crippen LogP contribution in [-0.4, -0.2) is 16.1 Å². The summed E-state index contributed by atoms with van der Waals surface area (Å²) in [5.74, 6) is -0.919. The third-order valence-corrected chi connectivity index (χ3v) is 2.53. The van der Waals surface area contributed by atoms with Gasteiger partial charge in [0.1, 0.15) is 0 Å². The molecule has 0 bridgehead atoms. The SMILES string of the molecule is C=C(C)/C=C/c1cccc2c(C(=O)O)c[nH]c12. The number of hydrogen-bond donors (Lipinski definition) is 2. The van der Waals surface area contributed by atoms with Gasteiger partial charge in [-0.15, -0.1) is 0 Å². The second-order valence-electron chi connectivity index (χ2n) is 3.96. The van der Waals surface area contributed by atoms with Crippen LogP contribution in [0.3, 0.4) is 0 Å². The van der Waals surface area contributed by atoms with Gasteiger partial charge in [-0.1, -0.05) is 42.5 Å². The van der Waals surface area contributed by atoms with Gasteiger partial charge in [-0.3, -0.25) is 0 Å². The van der Waals surface area contributed by atoms with Gasteiger partial charge in [0.25, 0.3) is 0 Å². The van der Waals surface area contributed by atoms with Crippen LogP contribution < -0.4 is 0 Å². The Morgan fingerprint density at radius 2 is 2.24 bits per heavy atom. The van der Waals surface area contributed by atoms with Crippen molar-refractivity contribution in [3.8, 4) is 0 Å². The molecule has 2 rings (SSSR count). The lowest BCUT2D eigenvalue weighted by Crippen LogP contribution is -1.93. The summed E-state index contributed by atoms with van der Waals surface area (Å²) >= 11 is 0. The lowest BCUT2D eigenvalue weighted by Gasteiger charge is -1.97. The summed E-state index contributed by atoms with van der Waals surface area (Å²) in [6.07, 6.45) is 5.34. The highest BCUT2D eigenvalue weighted by atomic mass is 16.4. The molecule has 0 unspecified atom stereocenters. The zero-order valence-corrected chi connectivity index (χ0v) is 9.53. The predicted octanol–water partition coefficient (Wildman–Crippen LogP) is 3.46. The van der Waals surface area contributed by atoms with Gasteiger partial charge in [-0.2, -0.15) is 0 Å². The van der Waals surface area contributed by atoms with Gasteiger partial charge in [-0.25, -0.2) is 4.79 Å². The molecule has 0 aliphatic carbocycles. The number of benzene rings is 1. The number of aromatic nitrogens is 1. The lowest BCUT2D eigenvalue weighted by molar-refractivity contribution is 0.0699. The van der Waals surface area contributed by atoms with Gasteiger partial charge in [0.05, 0.1) is 11.1 Å². The summed E-state index contributed by atoms with van der Waals surface area (Å²) in [6, 6.07) is 5.58. The van der Waals surface area contributed by atoms with Crippen molar-refractivity contribution in [3.05, 3.63) is 53.8 Å². The number of carboxylic acid groups (broad SMARTS) is 1. The predicted molar refractivity (Wildman–Crippen MR) is 69.1 cm³/mol. The molecule has 0 fully saturated rings. The molecule has 2 N–H and O–H groups in total. The van der Waals surface area contributed by atoms with E-state index in [0.717, 1.165) is 22.0 Å². The van der Waals surface area contributed by atoms with Crippen LogP contribution in [0, 0.1) is 0 Å². The van der Waals surface area contributed by atoms with Gasteiger partial charge in [0.2, 0.25) is 0 Å². The summed E-state index contributed by atoms with van der Waals surface area (Å²) in [5.41, 5.74) is 3.04. The summed E-state index contributed by atoms with van der Waals surface area (Å²) in [4.78, 5) is 14.0. The monoisotopic (exact) mass is 227 g/mol. The van der Waals surface area contributed by atoms with E-state index in [4.69, 9.17) is 5.11 Å². The fourth-order valence-corrected chi connectivity index (χ4v) is 1.73. The first-order valence-electron chi connectivity index (χ1n) is 5.26. The van der Waals surface area contributed by atoms with E-state index in [2.05, 4.69) is 11.6 Å². The molecule has 86 valence electrons. The molecule has 0 spiro atoms. The molecule has 1 heterocycles. The second kappa shape index (κ2) is 4.29. The number of para-hydroxylation sites is 1. The first kappa shape index (κ1) is 11.2. The quantitative estimate of drug-likeness (QED) is 0.789. The lowest BCUT2D eigenvalue weighted by atomic mass is 10.1. The van der Waals surface area contributed by atoms with Crippen LogP contribution in [0.2, 0.25) is 0 Å². The molecule has 0 saturated heterocycles. The fraction of sp³-hybridized carbons (Fsp3) is 0.0714. The number of aromatic amines is 1. The minimum absolute atomic E-state index is 0.297. The molecule has 1 aromatic heterocycles. The van der Waals surface area contributed by atoms with E-state index in [9.17, 15) is 4.79 Å². The van der Waals surface area contributed by atoms with Crippen molar-refractivity contribution in [2.45, 2.75) is 6.92 Å². The molecule has 0 aliphatic heterocycles. The maximum Gasteiger partial charge on any atom is 0.337 e. The van der Waals surface area contributed by atoms with E-state index in [1.54, 1.807) is 6.07 Å². The number of carbonyl (C=O) groups is 1. The van der Waals surface area contributed by atoms with E-state index < -0.39 is 5.97 Å². The average molecular weight is 227 g/mol. The topological polar surface area (TPSA) is 53.1 Å². The Hall–Kier alpha value is -2.29. The Morgan fingerprint density at radius 3 is 2.88 bits per heavy atom. The third kappa shape index (κ3) is 2.13. The van der Waals surface area contributed by atoms with E-state index in [-0.39, 0.29) is 0 Å². The van der Waals surface area contributed by atoms with Crippen LogP contribution in [0.5, 0.6) is 0 Å². The Morgan fingerprint density at radius 1 is 1.47 bits per heavy atom. The Balaban J connectivity index is 2.59. The maximum absolute atomic E-state index is 11.0. The van der Waals surface area contributed by atoms with Crippen molar-refractivity contribution >= 4 is 22.9 Å². The van der Waals surface area contributed by atoms with Gasteiger partial charge in [0.15, 0.2) is 0 Å². The van der Waals surface area contributed by atoms with Crippen molar-refractivity contribution in [3.63, 3.8) is 0 Å². The van der Waals surface area contributed by atoms with E-state index in [0.29, 0.717) is 5.56 Å². The first-order valence-corrected chi connectivity index (χ1v) is 5.26. The zero-order valence-electron chi connectivity index (χ0n) is 9.53. The number of H-pyrrole nitrogens is 1. The van der Waals surface area contributed by atoms with Crippen LogP contribution >= 0.6 is 0 Å². The fourth-order valence-electron chi connectivity index (χ4n) is 1.73. The number of aromatic carboxylic acids is 1. The molecule has 1 aromatic carbocycles. The normalized spacial score (nSPS) is 11.1. The minimum Gasteiger partial charge on any atom is -0.478 e. The maximum atomic E-state index is 11.0. The van der Waals surface area contributed by atoms with Crippen LogP contribution in [0.4, 0.5) is 0 Å². The summed E-state index contributed by atoms with van der Waals surface area (Å²) < 4.78 is 0. The zero-order chi connectivity index (χ0) is 12.4. The number of fused-ring (bicyclic) bond motifs is 1. The Labute approximate surface area is 99.1 Å². The molecule has 2 aromatic rings. The summed E-state index contributed by atoms with van der Waals surface area (Å²) in [6.45, 7) is 5.70. The molecule has 0 radical (unpaired) electrons. The first-order chi connectivity index (χ1) is 8.09. The molecular weight excluding hydrogens is 214 g/mol.